The van der Waals surface area contributed by atoms with Crippen LogP contribution in [0, 0.1) is 0 Å². The molecular weight excluding hydrogens is 268 g/mol. The van der Waals surface area contributed by atoms with E-state index in [-0.39, 0.29) is 6.79 Å². The molecule has 0 amide bonds. The lowest BCUT2D eigenvalue weighted by atomic mass is 10.1. The number of hydrogen-bond donors (Lipinski definition) is 1. The molecule has 21 heavy (non-hydrogen) atoms. The molecule has 0 bridgehead atoms. The van der Waals surface area contributed by atoms with Crippen molar-refractivity contribution in [1.29, 1.82) is 0 Å². The van der Waals surface area contributed by atoms with Crippen LogP contribution in [0.5, 0.6) is 5.75 Å². The number of benzene rings is 2. The van der Waals surface area contributed by atoms with Gasteiger partial charge >= 0.3 is 5.97 Å². The highest BCUT2D eigenvalue weighted by Crippen LogP contribution is 2.20. The molecule has 0 aliphatic heterocycles. The van der Waals surface area contributed by atoms with Gasteiger partial charge in [0.15, 0.2) is 6.79 Å². The summed E-state index contributed by atoms with van der Waals surface area (Å²) in [5.74, 6) is -0.145. The number of fused-ring (bicyclic) bond motifs is 1. The number of carbonyl (C=O) groups is 1. The summed E-state index contributed by atoms with van der Waals surface area (Å²) in [4.78, 5) is 10.6. The lowest BCUT2D eigenvalue weighted by Crippen LogP contribution is -2.04. The van der Waals surface area contributed by atoms with Gasteiger partial charge in [0.25, 0.3) is 0 Å². The Balaban J connectivity index is 1.75. The topological polar surface area (TPSA) is 55.8 Å². The van der Waals surface area contributed by atoms with E-state index in [4.69, 9.17) is 14.6 Å². The van der Waals surface area contributed by atoms with Gasteiger partial charge in [-0.15, -0.1) is 0 Å². The first-order chi connectivity index (χ1) is 10.2. The van der Waals surface area contributed by atoms with Crippen LogP contribution in [0.1, 0.15) is 13.3 Å². The minimum atomic E-state index is -0.901. The number of hydrogen-bond acceptors (Lipinski definition) is 3. The molecule has 2 rings (SSSR count). The Morgan fingerprint density at radius 1 is 1.19 bits per heavy atom. The van der Waals surface area contributed by atoms with Crippen molar-refractivity contribution in [1.82, 2.24) is 0 Å². The minimum absolute atomic E-state index is 0.151. The maximum Gasteiger partial charge on any atom is 0.330 e. The summed E-state index contributed by atoms with van der Waals surface area (Å²) >= 11 is 0. The molecule has 0 aliphatic carbocycles. The van der Waals surface area contributed by atoms with Crippen LogP contribution in [0.15, 0.2) is 54.1 Å². The Bertz CT molecular complexity index is 646. The molecule has 0 spiro atoms. The van der Waals surface area contributed by atoms with Crippen LogP contribution >= 0.6 is 0 Å². The van der Waals surface area contributed by atoms with E-state index in [2.05, 4.69) is 0 Å². The van der Waals surface area contributed by atoms with Gasteiger partial charge < -0.3 is 14.6 Å². The average Bonchev–Trinajstić information content (AvgIpc) is 2.50. The van der Waals surface area contributed by atoms with Gasteiger partial charge in [-0.25, -0.2) is 4.79 Å². The number of rotatable bonds is 7. The van der Waals surface area contributed by atoms with Crippen LogP contribution in [-0.2, 0) is 9.53 Å². The van der Waals surface area contributed by atoms with Gasteiger partial charge in [-0.05, 0) is 36.2 Å². The molecular formula is C17H18O4. The fourth-order valence-electron chi connectivity index (χ4n) is 1.87. The van der Waals surface area contributed by atoms with E-state index in [1.54, 1.807) is 13.0 Å². The quantitative estimate of drug-likeness (QED) is 0.480. The summed E-state index contributed by atoms with van der Waals surface area (Å²) < 4.78 is 10.8. The van der Waals surface area contributed by atoms with Gasteiger partial charge in [0.05, 0.1) is 6.61 Å². The summed E-state index contributed by atoms with van der Waals surface area (Å²) in [6.07, 6.45) is 2.19. The third-order valence-corrected chi connectivity index (χ3v) is 3.08. The fraction of sp³-hybridized carbons (Fsp3) is 0.235. The Morgan fingerprint density at radius 3 is 2.71 bits per heavy atom. The highest BCUT2D eigenvalue weighted by Gasteiger charge is 1.99. The van der Waals surface area contributed by atoms with Crippen molar-refractivity contribution in [2.45, 2.75) is 13.3 Å². The lowest BCUT2D eigenvalue weighted by molar-refractivity contribution is -0.132. The first-order valence-electron chi connectivity index (χ1n) is 6.76. The van der Waals surface area contributed by atoms with Crippen molar-refractivity contribution in [3.63, 3.8) is 0 Å². The molecule has 4 nitrogen and oxygen atoms in total. The van der Waals surface area contributed by atoms with Gasteiger partial charge in [-0.1, -0.05) is 36.4 Å². The molecule has 4 heteroatoms. The second kappa shape index (κ2) is 7.45. The molecule has 0 unspecified atom stereocenters. The van der Waals surface area contributed by atoms with Crippen LogP contribution in [-0.4, -0.2) is 24.5 Å². The molecule has 2 aromatic rings. The number of ether oxygens (including phenoxy) is 2. The standard InChI is InChI=1S/C17H18O4/c1-13(17(18)19)5-4-10-20-12-21-16-9-8-14-6-2-3-7-15(14)11-16/h2-3,5-9,11H,4,10,12H2,1H3,(H,18,19). The molecule has 0 aliphatic rings. The van der Waals surface area contributed by atoms with Crippen LogP contribution in [0.2, 0.25) is 0 Å². The van der Waals surface area contributed by atoms with Crippen molar-refractivity contribution in [2.24, 2.45) is 0 Å². The first-order valence-corrected chi connectivity index (χ1v) is 6.76. The van der Waals surface area contributed by atoms with Crippen molar-refractivity contribution < 1.29 is 19.4 Å². The number of carboxylic acids is 1. The molecule has 0 fully saturated rings. The zero-order chi connectivity index (χ0) is 15.1. The largest absolute Gasteiger partial charge is 0.478 e. The van der Waals surface area contributed by atoms with Crippen LogP contribution in [0.3, 0.4) is 0 Å². The second-order valence-electron chi connectivity index (χ2n) is 4.66. The van der Waals surface area contributed by atoms with Crippen molar-refractivity contribution in [3.05, 3.63) is 54.1 Å². The summed E-state index contributed by atoms with van der Waals surface area (Å²) in [7, 11) is 0. The van der Waals surface area contributed by atoms with E-state index in [1.165, 1.54) is 5.39 Å². The predicted octanol–water partition coefficient (Wildman–Crippen LogP) is 3.61. The normalized spacial score (nSPS) is 11.6. The molecule has 0 heterocycles. The number of aliphatic carboxylic acids is 1. The molecule has 2 aromatic carbocycles. The Morgan fingerprint density at radius 2 is 1.95 bits per heavy atom. The first kappa shape index (κ1) is 15.1. The molecule has 0 saturated heterocycles. The van der Waals surface area contributed by atoms with Crippen molar-refractivity contribution in [2.75, 3.05) is 13.4 Å². The summed E-state index contributed by atoms with van der Waals surface area (Å²) in [5, 5.41) is 11.0. The summed E-state index contributed by atoms with van der Waals surface area (Å²) in [6, 6.07) is 13.9. The highest BCUT2D eigenvalue weighted by molar-refractivity contribution is 5.85. The van der Waals surface area contributed by atoms with Crippen molar-refractivity contribution >= 4 is 16.7 Å². The van der Waals surface area contributed by atoms with Gasteiger partial charge in [-0.3, -0.25) is 0 Å². The molecule has 0 saturated carbocycles. The third kappa shape index (κ3) is 4.61. The van der Waals surface area contributed by atoms with E-state index in [1.807, 2.05) is 42.5 Å². The van der Waals surface area contributed by atoms with E-state index in [0.717, 1.165) is 11.1 Å². The van der Waals surface area contributed by atoms with Gasteiger partial charge in [0, 0.05) is 5.57 Å². The predicted molar refractivity (Wildman–Crippen MR) is 81.4 cm³/mol. The van der Waals surface area contributed by atoms with Crippen molar-refractivity contribution in [3.8, 4) is 5.75 Å². The van der Waals surface area contributed by atoms with E-state index < -0.39 is 5.97 Å². The third-order valence-electron chi connectivity index (χ3n) is 3.08. The van der Waals surface area contributed by atoms with Crippen LogP contribution < -0.4 is 4.74 Å². The maximum atomic E-state index is 10.6. The fourth-order valence-corrected chi connectivity index (χ4v) is 1.87. The average molecular weight is 286 g/mol. The zero-order valence-electron chi connectivity index (χ0n) is 11.9. The SMILES string of the molecule is CC(=CCCOCOc1ccc2ccccc2c1)C(=O)O. The van der Waals surface area contributed by atoms with Gasteiger partial charge in [0.1, 0.15) is 5.75 Å². The molecule has 0 atom stereocenters. The smallest absolute Gasteiger partial charge is 0.330 e. The van der Waals surface area contributed by atoms with Gasteiger partial charge in [0.2, 0.25) is 0 Å². The minimum Gasteiger partial charge on any atom is -0.478 e. The number of carboxylic acid groups (broad SMARTS) is 1. The zero-order valence-corrected chi connectivity index (χ0v) is 11.9. The Hall–Kier alpha value is -2.33. The van der Waals surface area contributed by atoms with Gasteiger partial charge in [-0.2, -0.15) is 0 Å². The maximum absolute atomic E-state index is 10.6. The molecule has 1 N–H and O–H groups in total. The van der Waals surface area contributed by atoms with Crippen LogP contribution in [0.4, 0.5) is 0 Å². The lowest BCUT2D eigenvalue weighted by Gasteiger charge is -2.07. The highest BCUT2D eigenvalue weighted by atomic mass is 16.7. The molecule has 0 radical (unpaired) electrons. The summed E-state index contributed by atoms with van der Waals surface area (Å²) in [5.41, 5.74) is 0.328. The molecule has 110 valence electrons. The second-order valence-corrected chi connectivity index (χ2v) is 4.66. The Labute approximate surface area is 123 Å². The monoisotopic (exact) mass is 286 g/mol. The van der Waals surface area contributed by atoms with E-state index >= 15 is 0 Å². The van der Waals surface area contributed by atoms with Crippen LogP contribution in [0.25, 0.3) is 10.8 Å². The Kier molecular flexibility index (Phi) is 5.35. The van der Waals surface area contributed by atoms with E-state index in [9.17, 15) is 4.79 Å². The van der Waals surface area contributed by atoms with E-state index in [0.29, 0.717) is 18.6 Å². The molecule has 0 aromatic heterocycles. The summed E-state index contributed by atoms with van der Waals surface area (Å²) in [6.45, 7) is 2.14.